The van der Waals surface area contributed by atoms with Gasteiger partial charge in [0.25, 0.3) is 6.04 Å². The first kappa shape index (κ1) is 35.0. The van der Waals surface area contributed by atoms with Gasteiger partial charge in [-0.1, -0.05) is 91.0 Å². The van der Waals surface area contributed by atoms with Gasteiger partial charge in [-0.2, -0.15) is 0 Å². The third-order valence-electron chi connectivity index (χ3n) is 7.42. The van der Waals surface area contributed by atoms with E-state index in [1.54, 1.807) is 20.8 Å². The summed E-state index contributed by atoms with van der Waals surface area (Å²) in [4.78, 5) is 24.9. The average Bonchev–Trinajstić information content (AvgIpc) is 3.03. The number of aliphatic hydroxyl groups excluding tert-OH is 1. The van der Waals surface area contributed by atoms with Crippen LogP contribution in [0.4, 0.5) is 4.79 Å². The summed E-state index contributed by atoms with van der Waals surface area (Å²) in [6.07, 6.45) is -4.59. The molecule has 2 N–H and O–H groups in total. The molecule has 0 spiro atoms. The molecule has 0 aromatic heterocycles. The van der Waals surface area contributed by atoms with Crippen molar-refractivity contribution in [2.75, 3.05) is 13.2 Å². The van der Waals surface area contributed by atoms with Gasteiger partial charge < -0.3 is 34.1 Å². The molecule has 1 saturated heterocycles. The van der Waals surface area contributed by atoms with Gasteiger partial charge in [0.1, 0.15) is 23.9 Å². The number of carbonyl (C=O) groups excluding carboxylic acids is 1. The van der Waals surface area contributed by atoms with Crippen molar-refractivity contribution in [1.82, 2.24) is 5.32 Å². The van der Waals surface area contributed by atoms with Gasteiger partial charge in [0, 0.05) is 11.3 Å². The Bertz CT molecular complexity index is 1340. The number of ether oxygens (including phenoxy) is 5. The van der Waals surface area contributed by atoms with Gasteiger partial charge in [-0.25, -0.2) is 4.79 Å². The number of aliphatic hydroxyl groups is 1. The molecule has 0 radical (unpaired) electrons. The van der Waals surface area contributed by atoms with E-state index in [9.17, 15) is 20.0 Å². The van der Waals surface area contributed by atoms with E-state index in [4.69, 9.17) is 23.7 Å². The van der Waals surface area contributed by atoms with Crippen molar-refractivity contribution in [2.24, 2.45) is 0 Å². The first-order valence-corrected chi connectivity index (χ1v) is 15.4. The van der Waals surface area contributed by atoms with E-state index in [2.05, 4.69) is 5.32 Å². The minimum atomic E-state index is -1.38. The van der Waals surface area contributed by atoms with Crippen molar-refractivity contribution in [2.45, 2.75) is 89.1 Å². The lowest BCUT2D eigenvalue weighted by molar-refractivity contribution is -0.562. The lowest BCUT2D eigenvalue weighted by atomic mass is 9.89. The summed E-state index contributed by atoms with van der Waals surface area (Å²) in [5, 5.41) is 25.6. The Kier molecular flexibility index (Phi) is 13.1. The van der Waals surface area contributed by atoms with Crippen LogP contribution >= 0.6 is 0 Å². The van der Waals surface area contributed by atoms with Crippen LogP contribution in [0, 0.1) is 10.1 Å². The molecule has 1 aliphatic heterocycles. The molecule has 0 unspecified atom stereocenters. The lowest BCUT2D eigenvalue weighted by Crippen LogP contribution is -2.63. The molecular weight excluding hydrogens is 592 g/mol. The fourth-order valence-corrected chi connectivity index (χ4v) is 5.31. The Morgan fingerprint density at radius 2 is 1.35 bits per heavy atom. The van der Waals surface area contributed by atoms with E-state index in [1.165, 1.54) is 0 Å². The zero-order valence-electron chi connectivity index (χ0n) is 26.5. The Hall–Kier alpha value is -3.87. The SMILES string of the molecule is CC(C)(C)OC(=O)N[C@H](CO)C[C@@H]1O[C@H](COCc2ccccc2)[C@H](OCc2ccccc2)[C@H](OCc2ccccc2)[C@H]1[N+](=O)[O-]. The number of carbonyl (C=O) groups is 1. The zero-order valence-corrected chi connectivity index (χ0v) is 26.5. The molecule has 6 atom stereocenters. The number of rotatable bonds is 15. The van der Waals surface area contributed by atoms with Crippen molar-refractivity contribution < 1.29 is 38.5 Å². The normalized spacial score (nSPS) is 22.1. The molecular formula is C35H44N2O9. The van der Waals surface area contributed by atoms with Gasteiger partial charge in [-0.05, 0) is 37.5 Å². The average molecular weight is 637 g/mol. The summed E-state index contributed by atoms with van der Waals surface area (Å²) < 4.78 is 30.6. The van der Waals surface area contributed by atoms with Crippen molar-refractivity contribution >= 4 is 6.09 Å². The van der Waals surface area contributed by atoms with Crippen LogP contribution in [-0.2, 0) is 43.5 Å². The van der Waals surface area contributed by atoms with Crippen molar-refractivity contribution in [1.29, 1.82) is 0 Å². The number of benzene rings is 3. The van der Waals surface area contributed by atoms with E-state index in [0.717, 1.165) is 16.7 Å². The highest BCUT2D eigenvalue weighted by molar-refractivity contribution is 5.68. The molecule has 0 bridgehead atoms. The number of nitro groups is 1. The van der Waals surface area contributed by atoms with Crippen LogP contribution in [0.15, 0.2) is 91.0 Å². The Morgan fingerprint density at radius 1 is 0.848 bits per heavy atom. The van der Waals surface area contributed by atoms with Crippen LogP contribution in [0.2, 0.25) is 0 Å². The van der Waals surface area contributed by atoms with E-state index in [0.29, 0.717) is 6.61 Å². The molecule has 1 fully saturated rings. The minimum Gasteiger partial charge on any atom is -0.444 e. The smallest absolute Gasteiger partial charge is 0.407 e. The lowest BCUT2D eigenvalue weighted by Gasteiger charge is -2.43. The molecule has 0 aliphatic carbocycles. The van der Waals surface area contributed by atoms with E-state index >= 15 is 0 Å². The quantitative estimate of drug-likeness (QED) is 0.173. The molecule has 11 nitrogen and oxygen atoms in total. The molecule has 1 aliphatic rings. The topological polar surface area (TPSA) is 139 Å². The molecule has 1 amide bonds. The number of hydrogen-bond donors (Lipinski definition) is 2. The maximum Gasteiger partial charge on any atom is 0.407 e. The number of nitrogens with zero attached hydrogens (tertiary/aromatic N) is 1. The number of nitrogens with one attached hydrogen (secondary N) is 1. The molecule has 4 rings (SSSR count). The van der Waals surface area contributed by atoms with Gasteiger partial charge in [-0.15, -0.1) is 0 Å². The summed E-state index contributed by atoms with van der Waals surface area (Å²) in [5.74, 6) is 0. The summed E-state index contributed by atoms with van der Waals surface area (Å²) in [6, 6.07) is 26.2. The molecule has 248 valence electrons. The summed E-state index contributed by atoms with van der Waals surface area (Å²) in [6.45, 7) is 5.30. The third-order valence-corrected chi connectivity index (χ3v) is 7.42. The molecule has 3 aromatic rings. The number of amides is 1. The standard InChI is InChI=1S/C35H44N2O9/c1-35(2,3)46-34(39)36-28(20-38)19-29-31(37(40)41)33(44-23-27-17-11-6-12-18-27)32(43-22-26-15-9-5-10-16-26)30(45-29)24-42-21-25-13-7-4-8-14-25/h4-18,28-33,38H,19-24H2,1-3H3,(H,36,39)/t28-,29-,30+,31-,32-,33+/m0/s1. The second kappa shape index (κ2) is 17.2. The largest absolute Gasteiger partial charge is 0.444 e. The zero-order chi connectivity index (χ0) is 32.9. The molecule has 0 saturated carbocycles. The third kappa shape index (κ3) is 10.9. The highest BCUT2D eigenvalue weighted by Crippen LogP contribution is 2.32. The van der Waals surface area contributed by atoms with Gasteiger partial charge >= 0.3 is 6.09 Å². The first-order valence-electron chi connectivity index (χ1n) is 15.4. The van der Waals surface area contributed by atoms with Crippen LogP contribution in [0.1, 0.15) is 43.9 Å². The predicted molar refractivity (Wildman–Crippen MR) is 170 cm³/mol. The maximum atomic E-state index is 12.8. The number of hydrogen-bond acceptors (Lipinski definition) is 9. The van der Waals surface area contributed by atoms with Gasteiger partial charge in [0.2, 0.25) is 0 Å². The highest BCUT2D eigenvalue weighted by atomic mass is 16.7. The predicted octanol–water partition coefficient (Wildman–Crippen LogP) is 5.06. The molecule has 1 heterocycles. The first-order chi connectivity index (χ1) is 22.1. The van der Waals surface area contributed by atoms with Crippen LogP contribution in [0.25, 0.3) is 0 Å². The second-order valence-electron chi connectivity index (χ2n) is 12.3. The van der Waals surface area contributed by atoms with Gasteiger partial charge in [0.05, 0.1) is 39.1 Å². The summed E-state index contributed by atoms with van der Waals surface area (Å²) in [7, 11) is 0. The molecule has 3 aromatic carbocycles. The van der Waals surface area contributed by atoms with Crippen LogP contribution in [0.3, 0.4) is 0 Å². The minimum absolute atomic E-state index is 0.0593. The summed E-state index contributed by atoms with van der Waals surface area (Å²) >= 11 is 0. The van der Waals surface area contributed by atoms with Crippen molar-refractivity contribution in [3.63, 3.8) is 0 Å². The Balaban J connectivity index is 1.62. The van der Waals surface area contributed by atoms with Crippen LogP contribution in [0.5, 0.6) is 0 Å². The molecule has 11 heteroatoms. The van der Waals surface area contributed by atoms with E-state index < -0.39 is 59.7 Å². The fourth-order valence-electron chi connectivity index (χ4n) is 5.31. The second-order valence-corrected chi connectivity index (χ2v) is 12.3. The van der Waals surface area contributed by atoms with Crippen LogP contribution in [-0.4, -0.2) is 71.4 Å². The fraction of sp³-hybridized carbons (Fsp3) is 0.457. The number of alkyl carbamates (subject to hydrolysis) is 1. The highest BCUT2D eigenvalue weighted by Gasteiger charge is 2.54. The van der Waals surface area contributed by atoms with Crippen molar-refractivity contribution in [3.8, 4) is 0 Å². The Morgan fingerprint density at radius 3 is 1.83 bits per heavy atom. The summed E-state index contributed by atoms with van der Waals surface area (Å²) in [5.41, 5.74) is 1.91. The van der Waals surface area contributed by atoms with Crippen molar-refractivity contribution in [3.05, 3.63) is 118 Å². The van der Waals surface area contributed by atoms with Gasteiger partial charge in [0.15, 0.2) is 6.10 Å². The monoisotopic (exact) mass is 636 g/mol. The molecule has 46 heavy (non-hydrogen) atoms. The maximum absolute atomic E-state index is 12.8. The Labute approximate surface area is 269 Å². The van der Waals surface area contributed by atoms with E-state index in [-0.39, 0.29) is 26.2 Å². The van der Waals surface area contributed by atoms with Crippen LogP contribution < -0.4 is 5.32 Å². The van der Waals surface area contributed by atoms with Gasteiger partial charge in [-0.3, -0.25) is 10.1 Å². The van der Waals surface area contributed by atoms with E-state index in [1.807, 2.05) is 91.0 Å².